The van der Waals surface area contributed by atoms with Gasteiger partial charge in [0.25, 0.3) is 0 Å². The Kier molecular flexibility index (Phi) is 11.3. The third-order valence-electron chi connectivity index (χ3n) is 7.52. The van der Waals surface area contributed by atoms with Crippen LogP contribution in [0, 0.1) is 6.92 Å². The standard InChI is InChI=1S/C30H43N7O4S/c1-4-5-6-7-8-9-18-42(39,40)36-16-17-37(28-19-24(2)33-30(34-28)35-15-14-31-23-35)26(22-36)20-29(38)32-21-25-10-12-27(41-3)13-11-25/h10-15,19,23,26H,4-9,16-18,20-22H2,1-3H3,(H,32,38). The Morgan fingerprint density at radius 2 is 1.83 bits per heavy atom. The Hall–Kier alpha value is -3.51. The average Bonchev–Trinajstić information content (AvgIpc) is 3.53. The minimum atomic E-state index is -3.45. The van der Waals surface area contributed by atoms with E-state index in [1.807, 2.05) is 42.2 Å². The Bertz CT molecular complexity index is 1380. The number of aromatic nitrogens is 4. The van der Waals surface area contributed by atoms with Gasteiger partial charge in [-0.05, 0) is 31.0 Å². The van der Waals surface area contributed by atoms with Gasteiger partial charge in [0, 0.05) is 56.8 Å². The van der Waals surface area contributed by atoms with E-state index in [1.54, 1.807) is 34.7 Å². The summed E-state index contributed by atoms with van der Waals surface area (Å²) in [6.07, 6.45) is 11.3. The fourth-order valence-corrected chi connectivity index (χ4v) is 6.74. The number of nitrogens with one attached hydrogen (secondary N) is 1. The maximum atomic E-state index is 13.3. The van der Waals surface area contributed by atoms with Gasteiger partial charge >= 0.3 is 0 Å². The second-order valence-electron chi connectivity index (χ2n) is 10.8. The van der Waals surface area contributed by atoms with E-state index in [-0.39, 0.29) is 30.7 Å². The summed E-state index contributed by atoms with van der Waals surface area (Å²) >= 11 is 0. The van der Waals surface area contributed by atoms with Crippen LogP contribution in [0.5, 0.6) is 5.75 Å². The zero-order valence-electron chi connectivity index (χ0n) is 24.9. The van der Waals surface area contributed by atoms with Crippen LogP contribution in [0.2, 0.25) is 0 Å². The lowest BCUT2D eigenvalue weighted by atomic mass is 10.1. The molecule has 11 nitrogen and oxygen atoms in total. The number of sulfonamides is 1. The molecule has 1 amide bonds. The van der Waals surface area contributed by atoms with E-state index >= 15 is 0 Å². The third kappa shape index (κ3) is 8.75. The number of carbonyl (C=O) groups is 1. The number of ether oxygens (including phenoxy) is 1. The first-order chi connectivity index (χ1) is 20.3. The molecule has 0 saturated carbocycles. The smallest absolute Gasteiger partial charge is 0.237 e. The van der Waals surface area contributed by atoms with Gasteiger partial charge in [-0.1, -0.05) is 51.2 Å². The van der Waals surface area contributed by atoms with Gasteiger partial charge < -0.3 is 15.0 Å². The van der Waals surface area contributed by atoms with Crippen molar-refractivity contribution < 1.29 is 17.9 Å². The van der Waals surface area contributed by atoms with Crippen LogP contribution in [0.15, 0.2) is 49.1 Å². The number of hydrogen-bond acceptors (Lipinski definition) is 8. The number of nitrogens with zero attached hydrogens (tertiary/aromatic N) is 6. The van der Waals surface area contributed by atoms with Gasteiger partial charge in [0.05, 0.1) is 18.9 Å². The molecule has 2 aromatic heterocycles. The van der Waals surface area contributed by atoms with Crippen molar-refractivity contribution in [2.45, 2.75) is 71.4 Å². The molecule has 1 fully saturated rings. The number of methoxy groups -OCH3 is 1. The molecule has 42 heavy (non-hydrogen) atoms. The highest BCUT2D eigenvalue weighted by molar-refractivity contribution is 7.89. The van der Waals surface area contributed by atoms with Crippen LogP contribution in [-0.4, -0.2) is 76.7 Å². The second-order valence-corrected chi connectivity index (χ2v) is 12.8. The monoisotopic (exact) mass is 597 g/mol. The molecular weight excluding hydrogens is 554 g/mol. The van der Waals surface area contributed by atoms with Gasteiger partial charge in [0.2, 0.25) is 21.9 Å². The quantitative estimate of drug-likeness (QED) is 0.262. The molecule has 1 aliphatic heterocycles. The molecular formula is C30H43N7O4S. The van der Waals surface area contributed by atoms with Crippen LogP contribution in [0.4, 0.5) is 5.82 Å². The van der Waals surface area contributed by atoms with E-state index in [2.05, 4.69) is 22.2 Å². The summed E-state index contributed by atoms with van der Waals surface area (Å²) in [7, 11) is -1.83. The van der Waals surface area contributed by atoms with Crippen LogP contribution in [0.3, 0.4) is 0 Å². The minimum Gasteiger partial charge on any atom is -0.497 e. The first-order valence-electron chi connectivity index (χ1n) is 14.8. The average molecular weight is 598 g/mol. The molecule has 1 N–H and O–H groups in total. The molecule has 12 heteroatoms. The molecule has 1 atom stereocenters. The Morgan fingerprint density at radius 3 is 2.55 bits per heavy atom. The zero-order chi connectivity index (χ0) is 30.0. The zero-order valence-corrected chi connectivity index (χ0v) is 25.7. The molecule has 0 spiro atoms. The molecule has 3 aromatic rings. The molecule has 1 saturated heterocycles. The van der Waals surface area contributed by atoms with Gasteiger partial charge in [-0.3, -0.25) is 9.36 Å². The van der Waals surface area contributed by atoms with E-state index in [0.29, 0.717) is 37.8 Å². The molecule has 1 aliphatic rings. The molecule has 1 unspecified atom stereocenters. The first-order valence-corrected chi connectivity index (χ1v) is 16.4. The van der Waals surface area contributed by atoms with E-state index in [1.165, 1.54) is 6.42 Å². The highest BCUT2D eigenvalue weighted by Crippen LogP contribution is 2.24. The van der Waals surface area contributed by atoms with Crippen molar-refractivity contribution in [2.75, 3.05) is 37.4 Å². The summed E-state index contributed by atoms with van der Waals surface area (Å²) in [5.74, 6) is 1.86. The molecule has 0 radical (unpaired) electrons. The number of imidazole rings is 1. The van der Waals surface area contributed by atoms with Gasteiger partial charge in [0.1, 0.15) is 17.9 Å². The fraction of sp³-hybridized carbons (Fsp3) is 0.533. The molecule has 0 bridgehead atoms. The third-order valence-corrected chi connectivity index (χ3v) is 9.45. The van der Waals surface area contributed by atoms with Crippen molar-refractivity contribution in [3.05, 3.63) is 60.3 Å². The molecule has 4 rings (SSSR count). The fourth-order valence-electron chi connectivity index (χ4n) is 5.16. The predicted octanol–water partition coefficient (Wildman–Crippen LogP) is 3.87. The highest BCUT2D eigenvalue weighted by atomic mass is 32.2. The summed E-state index contributed by atoms with van der Waals surface area (Å²) in [5.41, 5.74) is 1.72. The molecule has 228 valence electrons. The van der Waals surface area contributed by atoms with E-state index in [4.69, 9.17) is 9.72 Å². The Balaban J connectivity index is 1.48. The van der Waals surface area contributed by atoms with Crippen LogP contribution in [-0.2, 0) is 21.4 Å². The van der Waals surface area contributed by atoms with Crippen molar-refractivity contribution in [3.8, 4) is 11.7 Å². The van der Waals surface area contributed by atoms with E-state index in [0.717, 1.165) is 42.7 Å². The van der Waals surface area contributed by atoms with Crippen LogP contribution in [0.1, 0.15) is 63.1 Å². The number of hydrogen-bond donors (Lipinski definition) is 1. The number of benzene rings is 1. The number of unbranched alkanes of at least 4 members (excludes halogenated alkanes) is 5. The number of rotatable bonds is 15. The molecule has 1 aromatic carbocycles. The van der Waals surface area contributed by atoms with E-state index < -0.39 is 10.0 Å². The summed E-state index contributed by atoms with van der Waals surface area (Å²) in [6, 6.07) is 9.01. The van der Waals surface area contributed by atoms with Crippen molar-refractivity contribution in [3.63, 3.8) is 0 Å². The number of aryl methyl sites for hydroxylation is 1. The summed E-state index contributed by atoms with van der Waals surface area (Å²) in [6.45, 7) is 5.41. The van der Waals surface area contributed by atoms with E-state index in [9.17, 15) is 13.2 Å². The van der Waals surface area contributed by atoms with Crippen LogP contribution < -0.4 is 15.0 Å². The van der Waals surface area contributed by atoms with Crippen LogP contribution >= 0.6 is 0 Å². The van der Waals surface area contributed by atoms with Gasteiger partial charge in [-0.2, -0.15) is 9.29 Å². The highest BCUT2D eigenvalue weighted by Gasteiger charge is 2.35. The van der Waals surface area contributed by atoms with Gasteiger partial charge in [-0.25, -0.2) is 18.4 Å². The van der Waals surface area contributed by atoms with Crippen molar-refractivity contribution in [1.29, 1.82) is 0 Å². The first kappa shape index (κ1) is 31.4. The molecule has 0 aliphatic carbocycles. The normalized spacial score (nSPS) is 16.0. The predicted molar refractivity (Wildman–Crippen MR) is 163 cm³/mol. The topological polar surface area (TPSA) is 123 Å². The maximum Gasteiger partial charge on any atom is 0.237 e. The second kappa shape index (κ2) is 15.1. The lowest BCUT2D eigenvalue weighted by Crippen LogP contribution is -2.56. The lowest BCUT2D eigenvalue weighted by molar-refractivity contribution is -0.121. The Labute approximate surface area is 249 Å². The number of anilines is 1. The van der Waals surface area contributed by atoms with Gasteiger partial charge in [-0.15, -0.1) is 0 Å². The largest absolute Gasteiger partial charge is 0.497 e. The summed E-state index contributed by atoms with van der Waals surface area (Å²) in [4.78, 5) is 28.6. The van der Waals surface area contributed by atoms with Crippen molar-refractivity contribution in [2.24, 2.45) is 0 Å². The summed E-state index contributed by atoms with van der Waals surface area (Å²) in [5, 5.41) is 2.99. The Morgan fingerprint density at radius 1 is 1.07 bits per heavy atom. The van der Waals surface area contributed by atoms with Crippen molar-refractivity contribution in [1.82, 2.24) is 29.1 Å². The lowest BCUT2D eigenvalue weighted by Gasteiger charge is -2.41. The number of piperazine rings is 1. The minimum absolute atomic E-state index is 0.128. The van der Waals surface area contributed by atoms with Crippen LogP contribution in [0.25, 0.3) is 5.95 Å². The van der Waals surface area contributed by atoms with Crippen molar-refractivity contribution >= 4 is 21.7 Å². The SMILES string of the molecule is CCCCCCCCS(=O)(=O)N1CCN(c2cc(C)nc(-n3ccnc3)n2)C(CC(=O)NCc2ccc(OC)cc2)C1. The molecule has 3 heterocycles. The summed E-state index contributed by atoms with van der Waals surface area (Å²) < 4.78 is 35.2. The van der Waals surface area contributed by atoms with Gasteiger partial charge in [0.15, 0.2) is 0 Å². The number of carbonyl (C=O) groups excluding carboxylic acids is 1. The number of amides is 1. The maximum absolute atomic E-state index is 13.3.